The number of aliphatic hydroxyl groups is 1. The molecule has 1 unspecified atom stereocenters. The molecule has 4 aromatic rings. The fourth-order valence-corrected chi connectivity index (χ4v) is 4.31. The molecule has 1 aliphatic rings. The Labute approximate surface area is 187 Å². The van der Waals surface area contributed by atoms with Gasteiger partial charge in [0.15, 0.2) is 5.82 Å². The number of aromatic amines is 1. The molecule has 1 aliphatic heterocycles. The molecule has 5 N–H and O–H groups in total. The molecule has 0 bridgehead atoms. The second kappa shape index (κ2) is 7.84. The van der Waals surface area contributed by atoms with E-state index in [4.69, 9.17) is 28.9 Å². The average Bonchev–Trinajstić information content (AvgIpc) is 3.34. The minimum Gasteiger partial charge on any atom is -0.399 e. The molecule has 0 radical (unpaired) electrons. The number of nitrogens with zero attached hydrogens (tertiary/aromatic N) is 5. The number of nitrogens with two attached hydrogens (primary N) is 1. The number of imidazole rings is 1. The van der Waals surface area contributed by atoms with E-state index in [9.17, 15) is 5.11 Å². The molecule has 1 atom stereocenters. The average molecular weight is 457 g/mol. The standard InChI is InChI=1S/C20H18Cl2N8O/c21-12-5-10(23)6-13(22)17(12)19-27-14-1-3-24-20(18(14)29-19)28-15-7-16(26-9-25-15)30-4-2-11(31)8-30/h1,3,5-7,9,11,31H,2,4,8,23H2,(H,27,29)(H,24,25,26,28). The van der Waals surface area contributed by atoms with E-state index in [1.807, 2.05) is 17.0 Å². The van der Waals surface area contributed by atoms with E-state index in [-0.39, 0.29) is 6.10 Å². The van der Waals surface area contributed by atoms with Gasteiger partial charge in [-0.1, -0.05) is 23.2 Å². The summed E-state index contributed by atoms with van der Waals surface area (Å²) < 4.78 is 0. The van der Waals surface area contributed by atoms with Crippen LogP contribution in [0.1, 0.15) is 6.42 Å². The zero-order chi connectivity index (χ0) is 21.5. The third-order valence-corrected chi connectivity index (χ3v) is 5.68. The third kappa shape index (κ3) is 3.83. The van der Waals surface area contributed by atoms with Crippen LogP contribution in [-0.4, -0.2) is 49.2 Å². The number of halogens is 2. The highest BCUT2D eigenvalue weighted by molar-refractivity contribution is 6.39. The van der Waals surface area contributed by atoms with Gasteiger partial charge in [-0.25, -0.2) is 19.9 Å². The Kier molecular flexibility index (Phi) is 5.01. The molecule has 158 valence electrons. The summed E-state index contributed by atoms with van der Waals surface area (Å²) >= 11 is 12.7. The van der Waals surface area contributed by atoms with Crippen LogP contribution < -0.4 is 16.0 Å². The van der Waals surface area contributed by atoms with Gasteiger partial charge < -0.3 is 26.0 Å². The van der Waals surface area contributed by atoms with Crippen LogP contribution in [0.25, 0.3) is 22.4 Å². The fourth-order valence-electron chi connectivity index (χ4n) is 3.62. The maximum Gasteiger partial charge on any atom is 0.159 e. The number of nitrogen functional groups attached to an aromatic ring is 1. The molecule has 0 aliphatic carbocycles. The first kappa shape index (κ1) is 19.8. The SMILES string of the molecule is Nc1cc(Cl)c(-c2nc3c(Nc4cc(N5CCC(O)C5)ncn4)nccc3[nH]2)c(Cl)c1. The number of rotatable bonds is 4. The maximum atomic E-state index is 9.79. The van der Waals surface area contributed by atoms with Gasteiger partial charge in [0.2, 0.25) is 0 Å². The number of benzene rings is 1. The Morgan fingerprint density at radius 1 is 1.16 bits per heavy atom. The lowest BCUT2D eigenvalue weighted by molar-refractivity contribution is 0.198. The topological polar surface area (TPSA) is 129 Å². The lowest BCUT2D eigenvalue weighted by atomic mass is 10.2. The molecule has 0 spiro atoms. The Bertz CT molecular complexity index is 1250. The Morgan fingerprint density at radius 2 is 1.97 bits per heavy atom. The van der Waals surface area contributed by atoms with Gasteiger partial charge in [0.25, 0.3) is 0 Å². The molecule has 3 aromatic heterocycles. The molecule has 9 nitrogen and oxygen atoms in total. The third-order valence-electron chi connectivity index (χ3n) is 5.09. The van der Waals surface area contributed by atoms with Crippen molar-refractivity contribution in [2.24, 2.45) is 0 Å². The van der Waals surface area contributed by atoms with E-state index in [0.717, 1.165) is 24.3 Å². The summed E-state index contributed by atoms with van der Waals surface area (Å²) in [7, 11) is 0. The van der Waals surface area contributed by atoms with Crippen LogP contribution in [0.4, 0.5) is 23.1 Å². The van der Waals surface area contributed by atoms with Gasteiger partial charge in [-0.05, 0) is 24.6 Å². The van der Waals surface area contributed by atoms with Crippen LogP contribution in [-0.2, 0) is 0 Å². The van der Waals surface area contributed by atoms with E-state index in [0.29, 0.717) is 50.8 Å². The highest BCUT2D eigenvalue weighted by atomic mass is 35.5. The van der Waals surface area contributed by atoms with E-state index in [1.54, 1.807) is 18.3 Å². The van der Waals surface area contributed by atoms with Crippen molar-refractivity contribution in [3.63, 3.8) is 0 Å². The first-order valence-electron chi connectivity index (χ1n) is 9.59. The zero-order valence-corrected chi connectivity index (χ0v) is 17.7. The molecule has 0 amide bonds. The molecule has 0 saturated carbocycles. The van der Waals surface area contributed by atoms with Crippen LogP contribution in [0.15, 0.2) is 36.8 Å². The Balaban J connectivity index is 1.49. The number of aliphatic hydroxyl groups excluding tert-OH is 1. The number of fused-ring (bicyclic) bond motifs is 1. The summed E-state index contributed by atoms with van der Waals surface area (Å²) in [6.45, 7) is 1.30. The van der Waals surface area contributed by atoms with Crippen molar-refractivity contribution in [3.05, 3.63) is 46.8 Å². The monoisotopic (exact) mass is 456 g/mol. The van der Waals surface area contributed by atoms with Crippen molar-refractivity contribution < 1.29 is 5.11 Å². The number of β-amino-alcohol motifs (C(OH)–C–C–N with tert-alkyl or cyclic N) is 1. The molecular formula is C20H18Cl2N8O. The minimum atomic E-state index is -0.337. The van der Waals surface area contributed by atoms with E-state index >= 15 is 0 Å². The fraction of sp³-hybridized carbons (Fsp3) is 0.200. The quantitative estimate of drug-likeness (QED) is 0.342. The van der Waals surface area contributed by atoms with Gasteiger partial charge in [-0.15, -0.1) is 0 Å². The van der Waals surface area contributed by atoms with E-state index in [2.05, 4.69) is 30.2 Å². The van der Waals surface area contributed by atoms with Crippen LogP contribution >= 0.6 is 23.2 Å². The van der Waals surface area contributed by atoms with Gasteiger partial charge in [0.05, 0.1) is 27.2 Å². The van der Waals surface area contributed by atoms with Crippen molar-refractivity contribution in [1.29, 1.82) is 0 Å². The van der Waals surface area contributed by atoms with Gasteiger partial charge in [0, 0.05) is 31.0 Å². The summed E-state index contributed by atoms with van der Waals surface area (Å²) in [5.74, 6) is 2.34. The number of nitrogens with one attached hydrogen (secondary N) is 2. The summed E-state index contributed by atoms with van der Waals surface area (Å²) in [4.78, 5) is 22.9. The summed E-state index contributed by atoms with van der Waals surface area (Å²) in [5.41, 5.74) is 8.22. The van der Waals surface area contributed by atoms with Crippen molar-refractivity contribution in [3.8, 4) is 11.4 Å². The van der Waals surface area contributed by atoms with E-state index < -0.39 is 0 Å². The lowest BCUT2D eigenvalue weighted by Crippen LogP contribution is -2.22. The lowest BCUT2D eigenvalue weighted by Gasteiger charge is -2.16. The Morgan fingerprint density at radius 3 is 2.71 bits per heavy atom. The van der Waals surface area contributed by atoms with Gasteiger partial charge >= 0.3 is 0 Å². The molecule has 11 heteroatoms. The molecule has 31 heavy (non-hydrogen) atoms. The first-order chi connectivity index (χ1) is 15.0. The number of anilines is 4. The van der Waals surface area contributed by atoms with Crippen molar-refractivity contribution in [2.75, 3.05) is 29.0 Å². The molecule has 1 saturated heterocycles. The molecule has 5 rings (SSSR count). The number of H-pyrrole nitrogens is 1. The largest absolute Gasteiger partial charge is 0.399 e. The highest BCUT2D eigenvalue weighted by Crippen LogP contribution is 2.37. The van der Waals surface area contributed by atoms with Crippen LogP contribution in [0, 0.1) is 0 Å². The predicted octanol–water partition coefficient (Wildman–Crippen LogP) is 3.62. The second-order valence-electron chi connectivity index (χ2n) is 7.28. The normalized spacial score (nSPS) is 16.2. The van der Waals surface area contributed by atoms with Gasteiger partial charge in [-0.2, -0.15) is 0 Å². The number of hydrogen-bond donors (Lipinski definition) is 4. The molecule has 4 heterocycles. The zero-order valence-electron chi connectivity index (χ0n) is 16.2. The Hall–Kier alpha value is -3.14. The van der Waals surface area contributed by atoms with Crippen molar-refractivity contribution in [1.82, 2.24) is 24.9 Å². The summed E-state index contributed by atoms with van der Waals surface area (Å²) in [5, 5.41) is 13.8. The summed E-state index contributed by atoms with van der Waals surface area (Å²) in [6, 6.07) is 6.89. The van der Waals surface area contributed by atoms with E-state index in [1.165, 1.54) is 6.33 Å². The predicted molar refractivity (Wildman–Crippen MR) is 122 cm³/mol. The number of hydrogen-bond acceptors (Lipinski definition) is 8. The molecule has 1 aromatic carbocycles. The molecular weight excluding hydrogens is 439 g/mol. The van der Waals surface area contributed by atoms with Crippen LogP contribution in [0.3, 0.4) is 0 Å². The van der Waals surface area contributed by atoms with Crippen molar-refractivity contribution >= 4 is 57.4 Å². The first-order valence-corrected chi connectivity index (χ1v) is 10.4. The number of pyridine rings is 1. The highest BCUT2D eigenvalue weighted by Gasteiger charge is 2.22. The minimum absolute atomic E-state index is 0.337. The smallest absolute Gasteiger partial charge is 0.159 e. The number of aromatic nitrogens is 5. The van der Waals surface area contributed by atoms with Gasteiger partial charge in [-0.3, -0.25) is 0 Å². The van der Waals surface area contributed by atoms with Crippen LogP contribution in [0.2, 0.25) is 10.0 Å². The molecule has 1 fully saturated rings. The van der Waals surface area contributed by atoms with Gasteiger partial charge in [0.1, 0.15) is 29.3 Å². The van der Waals surface area contributed by atoms with Crippen LogP contribution in [0.5, 0.6) is 0 Å². The summed E-state index contributed by atoms with van der Waals surface area (Å²) in [6.07, 6.45) is 3.53. The van der Waals surface area contributed by atoms with Crippen molar-refractivity contribution in [2.45, 2.75) is 12.5 Å². The second-order valence-corrected chi connectivity index (χ2v) is 8.09. The maximum absolute atomic E-state index is 9.79.